The molecule has 128 valence electrons. The van der Waals surface area contributed by atoms with Crippen LogP contribution in [-0.4, -0.2) is 19.2 Å². The fourth-order valence-electron chi connectivity index (χ4n) is 3.37. The second-order valence-electron chi connectivity index (χ2n) is 6.56. The lowest BCUT2D eigenvalue weighted by molar-refractivity contribution is 0.277. The number of benzene rings is 2. The number of rotatable bonds is 6. The lowest BCUT2D eigenvalue weighted by Gasteiger charge is -2.13. The number of ether oxygens (including phenoxy) is 1. The highest BCUT2D eigenvalue weighted by Gasteiger charge is 2.14. The molecule has 1 saturated heterocycles. The molecule has 2 heterocycles. The summed E-state index contributed by atoms with van der Waals surface area (Å²) in [4.78, 5) is 1.33. The Kier molecular flexibility index (Phi) is 5.14. The minimum Gasteiger partial charge on any atom is -0.492 e. The van der Waals surface area contributed by atoms with Crippen molar-refractivity contribution in [3.8, 4) is 16.2 Å². The molecule has 1 N–H and O–H groups in total. The van der Waals surface area contributed by atoms with Crippen LogP contribution in [0.4, 0.5) is 0 Å². The third-order valence-corrected chi connectivity index (χ3v) is 5.64. The molecule has 0 aliphatic carbocycles. The highest BCUT2D eigenvalue weighted by Crippen LogP contribution is 2.29. The predicted octanol–water partition coefficient (Wildman–Crippen LogP) is 5.14. The van der Waals surface area contributed by atoms with Crippen LogP contribution in [0.3, 0.4) is 0 Å². The molecule has 0 saturated carbocycles. The molecule has 1 fully saturated rings. The van der Waals surface area contributed by atoms with Gasteiger partial charge in [-0.3, -0.25) is 0 Å². The Morgan fingerprint density at radius 2 is 1.88 bits per heavy atom. The van der Waals surface area contributed by atoms with Crippen LogP contribution in [0.15, 0.2) is 66.0 Å². The van der Waals surface area contributed by atoms with Crippen LogP contribution in [0.2, 0.25) is 0 Å². The molecule has 25 heavy (non-hydrogen) atoms. The quantitative estimate of drug-likeness (QED) is 0.665. The second-order valence-corrected chi connectivity index (χ2v) is 7.51. The summed E-state index contributed by atoms with van der Waals surface area (Å²) in [7, 11) is 0. The monoisotopic (exact) mass is 349 g/mol. The normalized spacial score (nSPS) is 16.9. The van der Waals surface area contributed by atoms with Crippen molar-refractivity contribution in [2.75, 3.05) is 13.2 Å². The second kappa shape index (κ2) is 7.85. The SMILES string of the molecule is c1csc(-c2ccccc2Cc2ccc(OC[C@@H]3CCCN3)cc2)c1. The molecular weight excluding hydrogens is 326 g/mol. The Bertz CT molecular complexity index is 789. The van der Waals surface area contributed by atoms with Gasteiger partial charge in [-0.1, -0.05) is 42.5 Å². The van der Waals surface area contributed by atoms with E-state index in [0.717, 1.165) is 25.3 Å². The topological polar surface area (TPSA) is 21.3 Å². The van der Waals surface area contributed by atoms with Crippen molar-refractivity contribution in [1.82, 2.24) is 5.32 Å². The van der Waals surface area contributed by atoms with Gasteiger partial charge in [0.15, 0.2) is 0 Å². The van der Waals surface area contributed by atoms with Gasteiger partial charge in [0.25, 0.3) is 0 Å². The third kappa shape index (κ3) is 4.12. The lowest BCUT2D eigenvalue weighted by Crippen LogP contribution is -2.28. The van der Waals surface area contributed by atoms with Gasteiger partial charge < -0.3 is 10.1 Å². The summed E-state index contributed by atoms with van der Waals surface area (Å²) in [6.45, 7) is 1.89. The van der Waals surface area contributed by atoms with E-state index in [-0.39, 0.29) is 0 Å². The van der Waals surface area contributed by atoms with Crippen LogP contribution < -0.4 is 10.1 Å². The molecule has 0 bridgehead atoms. The largest absolute Gasteiger partial charge is 0.492 e. The highest BCUT2D eigenvalue weighted by molar-refractivity contribution is 7.13. The lowest BCUT2D eigenvalue weighted by atomic mass is 9.99. The van der Waals surface area contributed by atoms with Gasteiger partial charge in [0.05, 0.1) is 0 Å². The fourth-order valence-corrected chi connectivity index (χ4v) is 4.15. The van der Waals surface area contributed by atoms with Gasteiger partial charge in [0.1, 0.15) is 12.4 Å². The van der Waals surface area contributed by atoms with Gasteiger partial charge in [0, 0.05) is 10.9 Å². The van der Waals surface area contributed by atoms with Crippen LogP contribution in [0.5, 0.6) is 5.75 Å². The zero-order valence-electron chi connectivity index (χ0n) is 14.3. The summed E-state index contributed by atoms with van der Waals surface area (Å²) in [6.07, 6.45) is 3.42. The number of hydrogen-bond donors (Lipinski definition) is 1. The van der Waals surface area contributed by atoms with Gasteiger partial charge in [-0.25, -0.2) is 0 Å². The molecule has 2 nitrogen and oxygen atoms in total. The molecule has 3 heteroatoms. The van der Waals surface area contributed by atoms with Crippen molar-refractivity contribution in [2.45, 2.75) is 25.3 Å². The maximum Gasteiger partial charge on any atom is 0.119 e. The Balaban J connectivity index is 1.43. The van der Waals surface area contributed by atoms with Crippen LogP contribution in [0, 0.1) is 0 Å². The Morgan fingerprint density at radius 1 is 1.00 bits per heavy atom. The number of thiophene rings is 1. The zero-order chi connectivity index (χ0) is 16.9. The first-order chi connectivity index (χ1) is 12.4. The van der Waals surface area contributed by atoms with Gasteiger partial charge in [0.2, 0.25) is 0 Å². The van der Waals surface area contributed by atoms with Crippen LogP contribution in [0.1, 0.15) is 24.0 Å². The summed E-state index contributed by atoms with van der Waals surface area (Å²) in [5.74, 6) is 0.962. The molecule has 1 atom stereocenters. The van der Waals surface area contributed by atoms with E-state index in [1.54, 1.807) is 11.3 Å². The van der Waals surface area contributed by atoms with Gasteiger partial charge >= 0.3 is 0 Å². The van der Waals surface area contributed by atoms with Crippen LogP contribution >= 0.6 is 11.3 Å². The van der Waals surface area contributed by atoms with Crippen molar-refractivity contribution in [1.29, 1.82) is 0 Å². The highest BCUT2D eigenvalue weighted by atomic mass is 32.1. The summed E-state index contributed by atoms with van der Waals surface area (Å²) < 4.78 is 5.92. The number of hydrogen-bond acceptors (Lipinski definition) is 3. The minimum atomic E-state index is 0.511. The van der Waals surface area contributed by atoms with E-state index in [9.17, 15) is 0 Å². The van der Waals surface area contributed by atoms with Crippen molar-refractivity contribution in [2.24, 2.45) is 0 Å². The van der Waals surface area contributed by atoms with Gasteiger partial charge in [-0.2, -0.15) is 0 Å². The molecular formula is C22H23NOS. The zero-order valence-corrected chi connectivity index (χ0v) is 15.1. The first-order valence-corrected chi connectivity index (χ1v) is 9.83. The van der Waals surface area contributed by atoms with Gasteiger partial charge in [-0.05, 0) is 66.1 Å². The maximum atomic E-state index is 5.92. The summed E-state index contributed by atoms with van der Waals surface area (Å²) in [5.41, 5.74) is 4.02. The first kappa shape index (κ1) is 16.4. The van der Waals surface area contributed by atoms with E-state index in [1.165, 1.54) is 34.4 Å². The Labute approximate surface area is 153 Å². The standard InChI is InChI=1S/C22H23NOS/c1-2-7-21(22-8-4-14-25-22)18(5-1)15-17-9-11-20(12-10-17)24-16-19-6-3-13-23-19/h1-2,4-5,7-12,14,19,23H,3,6,13,15-16H2/t19-/m0/s1. The Hall–Kier alpha value is -2.10. The van der Waals surface area contributed by atoms with Crippen molar-refractivity contribution < 1.29 is 4.74 Å². The molecule has 2 aromatic carbocycles. The first-order valence-electron chi connectivity index (χ1n) is 8.95. The Morgan fingerprint density at radius 3 is 2.64 bits per heavy atom. The molecule has 3 aromatic rings. The van der Waals surface area contributed by atoms with Crippen LogP contribution in [-0.2, 0) is 6.42 Å². The minimum absolute atomic E-state index is 0.511. The predicted molar refractivity (Wildman–Crippen MR) is 106 cm³/mol. The maximum absolute atomic E-state index is 5.92. The molecule has 1 aromatic heterocycles. The molecule has 0 amide bonds. The third-order valence-electron chi connectivity index (χ3n) is 4.74. The van der Waals surface area contributed by atoms with Crippen molar-refractivity contribution in [3.05, 3.63) is 77.2 Å². The van der Waals surface area contributed by atoms with E-state index in [1.807, 2.05) is 0 Å². The molecule has 0 spiro atoms. The molecule has 1 aliphatic rings. The van der Waals surface area contributed by atoms with Crippen molar-refractivity contribution >= 4 is 11.3 Å². The summed E-state index contributed by atoms with van der Waals surface area (Å²) in [5, 5.41) is 5.60. The average molecular weight is 349 g/mol. The molecule has 4 rings (SSSR count). The van der Waals surface area contributed by atoms with E-state index in [0.29, 0.717) is 6.04 Å². The smallest absolute Gasteiger partial charge is 0.119 e. The summed E-state index contributed by atoms with van der Waals surface area (Å²) in [6, 6.07) is 22.1. The molecule has 0 unspecified atom stereocenters. The van der Waals surface area contributed by atoms with E-state index in [4.69, 9.17) is 4.74 Å². The average Bonchev–Trinajstić information content (AvgIpc) is 3.36. The van der Waals surface area contributed by atoms with E-state index in [2.05, 4.69) is 71.4 Å². The molecule has 1 aliphatic heterocycles. The van der Waals surface area contributed by atoms with E-state index < -0.39 is 0 Å². The van der Waals surface area contributed by atoms with Crippen molar-refractivity contribution in [3.63, 3.8) is 0 Å². The summed E-state index contributed by atoms with van der Waals surface area (Å²) >= 11 is 1.80. The number of nitrogens with one attached hydrogen (secondary N) is 1. The van der Waals surface area contributed by atoms with Gasteiger partial charge in [-0.15, -0.1) is 11.3 Å². The van der Waals surface area contributed by atoms with Crippen LogP contribution in [0.25, 0.3) is 10.4 Å². The fraction of sp³-hybridized carbons (Fsp3) is 0.273. The molecule has 0 radical (unpaired) electrons. The van der Waals surface area contributed by atoms with E-state index >= 15 is 0 Å².